The average molecular weight is 246 g/mol. The average Bonchev–Trinajstić information content (AvgIpc) is 2.43. The van der Waals surface area contributed by atoms with E-state index >= 15 is 0 Å². The molecular weight excluding hydrogens is 224 g/mol. The third-order valence-electron chi connectivity index (χ3n) is 3.72. The molecule has 1 aliphatic heterocycles. The van der Waals surface area contributed by atoms with Gasteiger partial charge in [-0.25, -0.2) is 0 Å². The maximum atomic E-state index is 12.2. The van der Waals surface area contributed by atoms with Gasteiger partial charge in [-0.05, 0) is 24.0 Å². The first-order chi connectivity index (χ1) is 8.72. The van der Waals surface area contributed by atoms with Gasteiger partial charge in [-0.15, -0.1) is 0 Å². The standard InChI is InChI=1S/C15H22N2O/c1-3-11(2)10-17-15(18)13-8-9-16-14-7-5-4-6-12(13)14/h4-7,11,13,16H,3,8-10H2,1-2H3,(H,17,18). The van der Waals surface area contributed by atoms with Crippen molar-refractivity contribution < 1.29 is 4.79 Å². The molecule has 2 N–H and O–H groups in total. The van der Waals surface area contributed by atoms with Gasteiger partial charge in [0.1, 0.15) is 0 Å². The topological polar surface area (TPSA) is 41.1 Å². The van der Waals surface area contributed by atoms with Gasteiger partial charge in [0.2, 0.25) is 5.91 Å². The molecule has 3 heteroatoms. The van der Waals surface area contributed by atoms with E-state index in [0.717, 1.165) is 37.2 Å². The van der Waals surface area contributed by atoms with Crippen LogP contribution in [-0.4, -0.2) is 19.0 Å². The second kappa shape index (κ2) is 5.89. The van der Waals surface area contributed by atoms with E-state index in [4.69, 9.17) is 0 Å². The number of hydrogen-bond donors (Lipinski definition) is 2. The molecule has 1 aromatic carbocycles. The van der Waals surface area contributed by atoms with E-state index in [-0.39, 0.29) is 11.8 Å². The van der Waals surface area contributed by atoms with Gasteiger partial charge in [0, 0.05) is 18.8 Å². The third kappa shape index (κ3) is 2.84. The SMILES string of the molecule is CCC(C)CNC(=O)C1CCNc2ccccc21. The maximum Gasteiger partial charge on any atom is 0.227 e. The van der Waals surface area contributed by atoms with Crippen molar-refractivity contribution >= 4 is 11.6 Å². The Morgan fingerprint density at radius 2 is 2.28 bits per heavy atom. The molecule has 0 saturated carbocycles. The molecule has 1 aliphatic rings. The minimum absolute atomic E-state index is 0.00602. The van der Waals surface area contributed by atoms with Crippen molar-refractivity contribution in [3.63, 3.8) is 0 Å². The predicted molar refractivity (Wildman–Crippen MR) is 74.8 cm³/mol. The minimum Gasteiger partial charge on any atom is -0.385 e. The second-order valence-electron chi connectivity index (χ2n) is 5.11. The summed E-state index contributed by atoms with van der Waals surface area (Å²) in [4.78, 5) is 12.2. The van der Waals surface area contributed by atoms with Gasteiger partial charge in [-0.2, -0.15) is 0 Å². The molecule has 0 radical (unpaired) electrons. The van der Waals surface area contributed by atoms with Crippen LogP contribution in [0, 0.1) is 5.92 Å². The number of fused-ring (bicyclic) bond motifs is 1. The first-order valence-electron chi connectivity index (χ1n) is 6.83. The molecule has 0 spiro atoms. The summed E-state index contributed by atoms with van der Waals surface area (Å²) in [6.45, 7) is 5.97. The van der Waals surface area contributed by atoms with Crippen molar-refractivity contribution in [3.05, 3.63) is 29.8 Å². The van der Waals surface area contributed by atoms with Crippen LogP contribution in [0.4, 0.5) is 5.69 Å². The number of carbonyl (C=O) groups is 1. The molecule has 0 aliphatic carbocycles. The lowest BCUT2D eigenvalue weighted by Gasteiger charge is -2.26. The Morgan fingerprint density at radius 3 is 3.06 bits per heavy atom. The predicted octanol–water partition coefficient (Wildman–Crippen LogP) is 2.75. The van der Waals surface area contributed by atoms with Crippen molar-refractivity contribution in [2.45, 2.75) is 32.6 Å². The van der Waals surface area contributed by atoms with E-state index in [0.29, 0.717) is 5.92 Å². The molecule has 2 rings (SSSR count). The van der Waals surface area contributed by atoms with Gasteiger partial charge < -0.3 is 10.6 Å². The molecule has 2 atom stereocenters. The third-order valence-corrected chi connectivity index (χ3v) is 3.72. The van der Waals surface area contributed by atoms with Crippen LogP contribution in [0.5, 0.6) is 0 Å². The zero-order chi connectivity index (χ0) is 13.0. The van der Waals surface area contributed by atoms with E-state index in [9.17, 15) is 4.79 Å². The van der Waals surface area contributed by atoms with Crippen LogP contribution < -0.4 is 10.6 Å². The van der Waals surface area contributed by atoms with Crippen LogP contribution in [0.2, 0.25) is 0 Å². The molecule has 1 heterocycles. The molecule has 0 saturated heterocycles. The van der Waals surface area contributed by atoms with Crippen LogP contribution >= 0.6 is 0 Å². The Morgan fingerprint density at radius 1 is 1.50 bits per heavy atom. The monoisotopic (exact) mass is 246 g/mol. The van der Waals surface area contributed by atoms with Crippen molar-refractivity contribution in [1.82, 2.24) is 5.32 Å². The smallest absolute Gasteiger partial charge is 0.227 e. The van der Waals surface area contributed by atoms with Gasteiger partial charge in [0.05, 0.1) is 5.92 Å². The summed E-state index contributed by atoms with van der Waals surface area (Å²) < 4.78 is 0. The highest BCUT2D eigenvalue weighted by Gasteiger charge is 2.25. The Hall–Kier alpha value is -1.51. The van der Waals surface area contributed by atoms with Gasteiger partial charge in [-0.1, -0.05) is 38.5 Å². The fourth-order valence-electron chi connectivity index (χ4n) is 2.28. The first kappa shape index (κ1) is 12.9. The van der Waals surface area contributed by atoms with Gasteiger partial charge in [0.25, 0.3) is 0 Å². The number of benzene rings is 1. The molecule has 0 fully saturated rings. The summed E-state index contributed by atoms with van der Waals surface area (Å²) in [7, 11) is 0. The normalized spacial score (nSPS) is 19.6. The van der Waals surface area contributed by atoms with Crippen LogP contribution in [0.3, 0.4) is 0 Å². The number of para-hydroxylation sites is 1. The van der Waals surface area contributed by atoms with E-state index in [1.165, 1.54) is 0 Å². The lowest BCUT2D eigenvalue weighted by atomic mass is 9.90. The molecule has 1 amide bonds. The Balaban J connectivity index is 2.04. The zero-order valence-electron chi connectivity index (χ0n) is 11.2. The van der Waals surface area contributed by atoms with Crippen LogP contribution in [0.25, 0.3) is 0 Å². The maximum absolute atomic E-state index is 12.2. The van der Waals surface area contributed by atoms with Crippen LogP contribution in [-0.2, 0) is 4.79 Å². The lowest BCUT2D eigenvalue weighted by molar-refractivity contribution is -0.122. The fourth-order valence-corrected chi connectivity index (χ4v) is 2.28. The second-order valence-corrected chi connectivity index (χ2v) is 5.11. The Bertz CT molecular complexity index is 417. The summed E-state index contributed by atoms with van der Waals surface area (Å²) in [5.41, 5.74) is 2.23. The van der Waals surface area contributed by atoms with Gasteiger partial charge in [0.15, 0.2) is 0 Å². The summed E-state index contributed by atoms with van der Waals surface area (Å²) in [5, 5.41) is 6.42. The highest BCUT2D eigenvalue weighted by molar-refractivity contribution is 5.86. The highest BCUT2D eigenvalue weighted by atomic mass is 16.1. The van der Waals surface area contributed by atoms with E-state index in [1.54, 1.807) is 0 Å². The number of anilines is 1. The van der Waals surface area contributed by atoms with Crippen molar-refractivity contribution in [2.24, 2.45) is 5.92 Å². The molecule has 18 heavy (non-hydrogen) atoms. The van der Waals surface area contributed by atoms with Crippen molar-refractivity contribution in [3.8, 4) is 0 Å². The number of rotatable bonds is 4. The van der Waals surface area contributed by atoms with E-state index in [2.05, 4.69) is 30.5 Å². The van der Waals surface area contributed by atoms with Crippen LogP contribution in [0.1, 0.15) is 38.2 Å². The summed E-state index contributed by atoms with van der Waals surface area (Å²) in [6.07, 6.45) is 1.98. The molecule has 0 bridgehead atoms. The number of carbonyl (C=O) groups excluding carboxylic acids is 1. The minimum atomic E-state index is 0.00602. The summed E-state index contributed by atoms with van der Waals surface area (Å²) >= 11 is 0. The van der Waals surface area contributed by atoms with Crippen molar-refractivity contribution in [1.29, 1.82) is 0 Å². The Kier molecular flexibility index (Phi) is 4.24. The Labute approximate surface area is 109 Å². The van der Waals surface area contributed by atoms with Crippen LogP contribution in [0.15, 0.2) is 24.3 Å². The first-order valence-corrected chi connectivity index (χ1v) is 6.83. The molecule has 3 nitrogen and oxygen atoms in total. The van der Waals surface area contributed by atoms with Gasteiger partial charge >= 0.3 is 0 Å². The molecular formula is C15H22N2O. The summed E-state index contributed by atoms with van der Waals surface area (Å²) in [6, 6.07) is 8.10. The zero-order valence-corrected chi connectivity index (χ0v) is 11.2. The van der Waals surface area contributed by atoms with E-state index in [1.807, 2.05) is 18.2 Å². The largest absolute Gasteiger partial charge is 0.385 e. The van der Waals surface area contributed by atoms with Crippen molar-refractivity contribution in [2.75, 3.05) is 18.4 Å². The number of amides is 1. The summed E-state index contributed by atoms with van der Waals surface area (Å²) in [5.74, 6) is 0.724. The fraction of sp³-hybridized carbons (Fsp3) is 0.533. The molecule has 98 valence electrons. The quantitative estimate of drug-likeness (QED) is 0.857. The molecule has 1 aromatic rings. The highest BCUT2D eigenvalue weighted by Crippen LogP contribution is 2.31. The van der Waals surface area contributed by atoms with Gasteiger partial charge in [-0.3, -0.25) is 4.79 Å². The number of nitrogens with one attached hydrogen (secondary N) is 2. The van der Waals surface area contributed by atoms with E-state index < -0.39 is 0 Å². The molecule has 0 aromatic heterocycles. The number of hydrogen-bond acceptors (Lipinski definition) is 2. The lowest BCUT2D eigenvalue weighted by Crippen LogP contribution is -2.35. The molecule has 2 unspecified atom stereocenters.